The SMILES string of the molecule is CNCCCN(CCCN)CCCCCCCCN(CCCN)CCCN. The molecule has 7 N–H and O–H groups in total. The van der Waals surface area contributed by atoms with Crippen molar-refractivity contribution in [2.45, 2.75) is 64.2 Å². The molecule has 0 atom stereocenters. The highest BCUT2D eigenvalue weighted by atomic mass is 15.1. The summed E-state index contributed by atoms with van der Waals surface area (Å²) in [5.41, 5.74) is 17.0. The summed E-state index contributed by atoms with van der Waals surface area (Å²) in [6.45, 7) is 10.5. The van der Waals surface area contributed by atoms with Crippen LogP contribution in [0.3, 0.4) is 0 Å². The predicted octanol–water partition coefficient (Wildman–Crippen LogP) is 1.59. The Morgan fingerprint density at radius 2 is 0.815 bits per heavy atom. The van der Waals surface area contributed by atoms with Gasteiger partial charge in [0.1, 0.15) is 0 Å². The van der Waals surface area contributed by atoms with Gasteiger partial charge in [0.15, 0.2) is 0 Å². The van der Waals surface area contributed by atoms with Crippen molar-refractivity contribution in [3.8, 4) is 0 Å². The van der Waals surface area contributed by atoms with Gasteiger partial charge in [0.2, 0.25) is 0 Å². The summed E-state index contributed by atoms with van der Waals surface area (Å²) in [4.78, 5) is 5.14. The van der Waals surface area contributed by atoms with Gasteiger partial charge in [-0.1, -0.05) is 25.7 Å². The first-order chi connectivity index (χ1) is 13.3. The molecule has 0 saturated carbocycles. The molecular weight excluding hydrogens is 336 g/mol. The second-order valence-corrected chi connectivity index (χ2v) is 7.69. The van der Waals surface area contributed by atoms with Crippen LogP contribution in [0.4, 0.5) is 0 Å². The van der Waals surface area contributed by atoms with E-state index in [1.54, 1.807) is 0 Å². The summed E-state index contributed by atoms with van der Waals surface area (Å²) in [7, 11) is 2.03. The standard InChI is InChI=1S/C21H50N6/c1-25-15-11-21-27(20-10-14-24)17-7-5-3-2-4-6-16-26(18-8-12-22)19-9-13-23/h25H,2-24H2,1H3. The van der Waals surface area contributed by atoms with Crippen LogP contribution in [-0.2, 0) is 0 Å². The lowest BCUT2D eigenvalue weighted by Crippen LogP contribution is -2.30. The van der Waals surface area contributed by atoms with E-state index in [-0.39, 0.29) is 0 Å². The van der Waals surface area contributed by atoms with E-state index in [1.807, 2.05) is 7.05 Å². The maximum absolute atomic E-state index is 5.67. The monoisotopic (exact) mass is 386 g/mol. The third-order valence-electron chi connectivity index (χ3n) is 5.14. The molecule has 0 aromatic heterocycles. The van der Waals surface area contributed by atoms with Gasteiger partial charge in [0.25, 0.3) is 0 Å². The first kappa shape index (κ1) is 26.8. The zero-order valence-electron chi connectivity index (χ0n) is 18.3. The molecular formula is C21H50N6. The Labute approximate surface area is 169 Å². The van der Waals surface area contributed by atoms with Crippen LogP contribution in [0.15, 0.2) is 0 Å². The molecule has 27 heavy (non-hydrogen) atoms. The molecule has 0 saturated heterocycles. The average Bonchev–Trinajstić information content (AvgIpc) is 2.69. The van der Waals surface area contributed by atoms with Crippen molar-refractivity contribution in [2.75, 3.05) is 72.5 Å². The largest absolute Gasteiger partial charge is 0.330 e. The van der Waals surface area contributed by atoms with Crippen molar-refractivity contribution in [3.05, 3.63) is 0 Å². The van der Waals surface area contributed by atoms with E-state index in [0.717, 1.165) is 65.1 Å². The normalized spacial score (nSPS) is 11.8. The molecule has 0 rings (SSSR count). The number of rotatable bonds is 22. The Hall–Kier alpha value is -0.240. The van der Waals surface area contributed by atoms with Crippen molar-refractivity contribution in [2.24, 2.45) is 17.2 Å². The van der Waals surface area contributed by atoms with E-state index in [4.69, 9.17) is 17.2 Å². The van der Waals surface area contributed by atoms with Crippen molar-refractivity contribution in [3.63, 3.8) is 0 Å². The maximum atomic E-state index is 5.67. The first-order valence-electron chi connectivity index (χ1n) is 11.5. The molecule has 6 nitrogen and oxygen atoms in total. The summed E-state index contributed by atoms with van der Waals surface area (Å²) in [6, 6.07) is 0. The Morgan fingerprint density at radius 1 is 0.481 bits per heavy atom. The van der Waals surface area contributed by atoms with Gasteiger partial charge in [-0.2, -0.15) is 0 Å². The van der Waals surface area contributed by atoms with E-state index in [0.29, 0.717) is 0 Å². The van der Waals surface area contributed by atoms with Gasteiger partial charge in [-0.05, 0) is 111 Å². The lowest BCUT2D eigenvalue weighted by atomic mass is 10.1. The fourth-order valence-electron chi connectivity index (χ4n) is 3.47. The minimum Gasteiger partial charge on any atom is -0.330 e. The van der Waals surface area contributed by atoms with E-state index in [9.17, 15) is 0 Å². The zero-order chi connectivity index (χ0) is 20.0. The highest BCUT2D eigenvalue weighted by Crippen LogP contribution is 2.08. The van der Waals surface area contributed by atoms with Crippen LogP contribution in [0.1, 0.15) is 64.2 Å². The van der Waals surface area contributed by atoms with Gasteiger partial charge < -0.3 is 32.3 Å². The van der Waals surface area contributed by atoms with Gasteiger partial charge >= 0.3 is 0 Å². The molecule has 0 aromatic carbocycles. The molecule has 6 heteroatoms. The van der Waals surface area contributed by atoms with Crippen LogP contribution in [0, 0.1) is 0 Å². The van der Waals surface area contributed by atoms with Crippen LogP contribution in [0.5, 0.6) is 0 Å². The fourth-order valence-corrected chi connectivity index (χ4v) is 3.47. The lowest BCUT2D eigenvalue weighted by Gasteiger charge is -2.22. The number of nitrogens with zero attached hydrogens (tertiary/aromatic N) is 2. The van der Waals surface area contributed by atoms with Crippen LogP contribution in [0.2, 0.25) is 0 Å². The Balaban J connectivity index is 3.67. The zero-order valence-corrected chi connectivity index (χ0v) is 18.3. The summed E-state index contributed by atoms with van der Waals surface area (Å²) in [5, 5.41) is 3.24. The fraction of sp³-hybridized carbons (Fsp3) is 1.00. The van der Waals surface area contributed by atoms with Crippen LogP contribution in [-0.4, -0.2) is 82.3 Å². The minimum absolute atomic E-state index is 0.788. The molecule has 0 spiro atoms. The van der Waals surface area contributed by atoms with E-state index in [1.165, 1.54) is 64.6 Å². The third kappa shape index (κ3) is 18.9. The second kappa shape index (κ2) is 22.1. The molecule has 0 bridgehead atoms. The van der Waals surface area contributed by atoms with Crippen molar-refractivity contribution in [1.29, 1.82) is 0 Å². The highest BCUT2D eigenvalue weighted by molar-refractivity contribution is 4.62. The molecule has 0 fully saturated rings. The van der Waals surface area contributed by atoms with Gasteiger partial charge in [-0.15, -0.1) is 0 Å². The van der Waals surface area contributed by atoms with Gasteiger partial charge in [-0.25, -0.2) is 0 Å². The van der Waals surface area contributed by atoms with Gasteiger partial charge in [0, 0.05) is 0 Å². The molecule has 0 radical (unpaired) electrons. The van der Waals surface area contributed by atoms with Crippen LogP contribution < -0.4 is 22.5 Å². The molecule has 0 aliphatic heterocycles. The molecule has 0 aliphatic rings. The number of hydrogen-bond donors (Lipinski definition) is 4. The number of nitrogens with one attached hydrogen (secondary N) is 1. The summed E-state index contributed by atoms with van der Waals surface area (Å²) in [5.74, 6) is 0. The minimum atomic E-state index is 0.788. The van der Waals surface area contributed by atoms with Crippen molar-refractivity contribution < 1.29 is 0 Å². The highest BCUT2D eigenvalue weighted by Gasteiger charge is 2.05. The average molecular weight is 387 g/mol. The maximum Gasteiger partial charge on any atom is -0.000663 e. The third-order valence-corrected chi connectivity index (χ3v) is 5.14. The van der Waals surface area contributed by atoms with Crippen LogP contribution in [0.25, 0.3) is 0 Å². The Morgan fingerprint density at radius 3 is 1.19 bits per heavy atom. The molecule has 0 amide bonds. The summed E-state index contributed by atoms with van der Waals surface area (Å²) >= 11 is 0. The quantitative estimate of drug-likeness (QED) is 0.211. The van der Waals surface area contributed by atoms with Crippen molar-refractivity contribution in [1.82, 2.24) is 15.1 Å². The molecule has 0 unspecified atom stereocenters. The summed E-state index contributed by atoms with van der Waals surface area (Å²) in [6.07, 6.45) is 12.6. The van der Waals surface area contributed by atoms with Crippen molar-refractivity contribution >= 4 is 0 Å². The van der Waals surface area contributed by atoms with Crippen LogP contribution >= 0.6 is 0 Å². The van der Waals surface area contributed by atoms with E-state index in [2.05, 4.69) is 15.1 Å². The molecule has 164 valence electrons. The lowest BCUT2D eigenvalue weighted by molar-refractivity contribution is 0.258. The molecule has 0 aromatic rings. The Bertz CT molecular complexity index is 269. The number of unbranched alkanes of at least 4 members (excludes halogenated alkanes) is 5. The summed E-state index contributed by atoms with van der Waals surface area (Å²) < 4.78 is 0. The first-order valence-corrected chi connectivity index (χ1v) is 11.5. The second-order valence-electron chi connectivity index (χ2n) is 7.69. The smallest absolute Gasteiger partial charge is 0.000663 e. The topological polar surface area (TPSA) is 96.6 Å². The van der Waals surface area contributed by atoms with E-state index < -0.39 is 0 Å². The molecule has 0 heterocycles. The molecule has 0 aliphatic carbocycles. The predicted molar refractivity (Wildman–Crippen MR) is 120 cm³/mol. The van der Waals surface area contributed by atoms with Gasteiger partial charge in [-0.3, -0.25) is 0 Å². The number of nitrogens with two attached hydrogens (primary N) is 3. The number of hydrogen-bond acceptors (Lipinski definition) is 6. The van der Waals surface area contributed by atoms with E-state index >= 15 is 0 Å². The van der Waals surface area contributed by atoms with Gasteiger partial charge in [0.05, 0.1) is 0 Å². The Kier molecular flexibility index (Phi) is 21.9.